The van der Waals surface area contributed by atoms with E-state index in [0.717, 1.165) is 11.9 Å². The van der Waals surface area contributed by atoms with Crippen LogP contribution in [-0.2, 0) is 9.59 Å². The summed E-state index contributed by atoms with van der Waals surface area (Å²) in [5.41, 5.74) is 5.60. The molecule has 3 atom stereocenters. The number of nitrogens with one attached hydrogen (secondary N) is 3. The van der Waals surface area contributed by atoms with Gasteiger partial charge in [0.1, 0.15) is 11.4 Å². The molecule has 1 saturated heterocycles. The highest BCUT2D eigenvalue weighted by molar-refractivity contribution is 5.99. The van der Waals surface area contributed by atoms with Crippen molar-refractivity contribution in [3.05, 3.63) is 48.0 Å². The number of urea groups is 1. The van der Waals surface area contributed by atoms with Crippen molar-refractivity contribution in [3.8, 4) is 11.4 Å². The van der Waals surface area contributed by atoms with Crippen LogP contribution >= 0.6 is 0 Å². The highest BCUT2D eigenvalue weighted by Gasteiger charge is 2.62. The first kappa shape index (κ1) is 22.8. The lowest BCUT2D eigenvalue weighted by Crippen LogP contribution is -2.78. The Morgan fingerprint density at radius 2 is 2.00 bits per heavy atom. The Morgan fingerprint density at radius 1 is 1.20 bits per heavy atom. The Morgan fingerprint density at radius 3 is 2.77 bits per heavy atom. The van der Waals surface area contributed by atoms with E-state index < -0.39 is 29.2 Å². The van der Waals surface area contributed by atoms with E-state index >= 15 is 0 Å². The molecular weight excluding hydrogens is 453 g/mol. The number of piperidine rings is 1. The van der Waals surface area contributed by atoms with Crippen molar-refractivity contribution in [1.29, 1.82) is 0 Å². The third-order valence-electron chi connectivity index (χ3n) is 6.83. The fourth-order valence-corrected chi connectivity index (χ4v) is 5.37. The summed E-state index contributed by atoms with van der Waals surface area (Å²) in [5, 5.41) is 7.13. The highest BCUT2D eigenvalue weighted by atomic mass is 19.1. The molecular formula is C24H26FN7O3. The fraction of sp³-hybridized carbons (Fsp3) is 0.375. The van der Waals surface area contributed by atoms with Crippen LogP contribution < -0.4 is 16.2 Å². The topological polar surface area (TPSA) is 121 Å². The minimum Gasteiger partial charge on any atom is -0.307 e. The molecule has 3 heterocycles. The van der Waals surface area contributed by atoms with E-state index in [-0.39, 0.29) is 17.6 Å². The quantitative estimate of drug-likeness (QED) is 0.499. The molecule has 182 valence electrons. The average Bonchev–Trinajstić information content (AvgIpc) is 3.26. The Bertz CT molecular complexity index is 1360. The van der Waals surface area contributed by atoms with E-state index in [1.165, 1.54) is 24.0 Å². The molecule has 5 rings (SSSR count). The van der Waals surface area contributed by atoms with Crippen molar-refractivity contribution in [2.24, 2.45) is 5.92 Å². The van der Waals surface area contributed by atoms with Crippen LogP contribution in [0.5, 0.6) is 0 Å². The van der Waals surface area contributed by atoms with E-state index in [2.05, 4.69) is 26.3 Å². The van der Waals surface area contributed by atoms with Crippen LogP contribution in [0, 0.1) is 18.7 Å². The number of hydrogen-bond donors (Lipinski definition) is 3. The molecule has 2 fully saturated rings. The predicted molar refractivity (Wildman–Crippen MR) is 125 cm³/mol. The number of aryl methyl sites for hydroxylation is 1. The lowest BCUT2D eigenvalue weighted by Gasteiger charge is -2.61. The first-order chi connectivity index (χ1) is 16.7. The number of aromatic nitrogens is 3. The number of hydrazine groups is 1. The number of amides is 4. The van der Waals surface area contributed by atoms with Gasteiger partial charge in [-0.1, -0.05) is 6.92 Å². The predicted octanol–water partition coefficient (Wildman–Crippen LogP) is 2.79. The number of anilines is 1. The van der Waals surface area contributed by atoms with Crippen LogP contribution in [0.3, 0.4) is 0 Å². The summed E-state index contributed by atoms with van der Waals surface area (Å²) in [6.07, 6.45) is 5.15. The van der Waals surface area contributed by atoms with Gasteiger partial charge in [0.25, 0.3) is 5.91 Å². The van der Waals surface area contributed by atoms with E-state index in [4.69, 9.17) is 0 Å². The number of carbonyl (C=O) groups excluding carboxylic acids is 3. The number of halogens is 1. The fourth-order valence-electron chi connectivity index (χ4n) is 5.37. The van der Waals surface area contributed by atoms with Gasteiger partial charge in [0.2, 0.25) is 5.91 Å². The molecule has 2 bridgehead atoms. The first-order valence-electron chi connectivity index (χ1n) is 11.5. The second kappa shape index (κ2) is 8.33. The van der Waals surface area contributed by atoms with Gasteiger partial charge in [-0.3, -0.25) is 20.4 Å². The van der Waals surface area contributed by atoms with E-state index in [0.29, 0.717) is 29.8 Å². The zero-order chi connectivity index (χ0) is 24.9. The van der Waals surface area contributed by atoms with Crippen LogP contribution in [0.25, 0.3) is 16.9 Å². The third kappa shape index (κ3) is 3.86. The van der Waals surface area contributed by atoms with Crippen LogP contribution in [0.15, 0.2) is 36.7 Å². The van der Waals surface area contributed by atoms with Crippen LogP contribution in [-0.4, -0.2) is 48.9 Å². The minimum atomic E-state index is -1.10. The molecule has 2 aromatic heterocycles. The number of fused-ring (bicyclic) bond motifs is 3. The van der Waals surface area contributed by atoms with E-state index in [9.17, 15) is 18.8 Å². The molecule has 1 aromatic carbocycles. The first-order valence-corrected chi connectivity index (χ1v) is 11.5. The maximum atomic E-state index is 14.9. The summed E-state index contributed by atoms with van der Waals surface area (Å²) in [6.45, 7) is 5.05. The molecule has 11 heteroatoms. The Kier molecular flexibility index (Phi) is 5.42. The summed E-state index contributed by atoms with van der Waals surface area (Å²) in [5.74, 6) is -0.853. The highest BCUT2D eigenvalue weighted by Crippen LogP contribution is 2.50. The number of nitrogens with zero attached hydrogens (tertiary/aromatic N) is 4. The van der Waals surface area contributed by atoms with Gasteiger partial charge in [0.15, 0.2) is 5.82 Å². The molecule has 1 aliphatic heterocycles. The third-order valence-corrected chi connectivity index (χ3v) is 6.83. The number of benzene rings is 1. The van der Waals surface area contributed by atoms with E-state index in [1.807, 2.05) is 19.1 Å². The summed E-state index contributed by atoms with van der Waals surface area (Å²) in [4.78, 5) is 43.4. The van der Waals surface area contributed by atoms with Gasteiger partial charge in [-0.2, -0.15) is 0 Å². The van der Waals surface area contributed by atoms with Crippen LogP contribution in [0.4, 0.5) is 14.9 Å². The van der Waals surface area contributed by atoms with Gasteiger partial charge >= 0.3 is 6.03 Å². The van der Waals surface area contributed by atoms with Gasteiger partial charge < -0.3 is 10.2 Å². The van der Waals surface area contributed by atoms with Crippen molar-refractivity contribution in [2.45, 2.75) is 51.6 Å². The Hall–Kier alpha value is -4.02. The zero-order valence-corrected chi connectivity index (χ0v) is 19.6. The van der Waals surface area contributed by atoms with E-state index in [1.54, 1.807) is 23.8 Å². The van der Waals surface area contributed by atoms with Crippen molar-refractivity contribution in [3.63, 3.8) is 0 Å². The molecule has 0 radical (unpaired) electrons. The van der Waals surface area contributed by atoms with Gasteiger partial charge in [-0.05, 0) is 55.5 Å². The smallest absolute Gasteiger partial charge is 0.307 e. The molecule has 35 heavy (non-hydrogen) atoms. The van der Waals surface area contributed by atoms with Crippen molar-refractivity contribution < 1.29 is 18.8 Å². The number of rotatable bonds is 3. The monoisotopic (exact) mass is 479 g/mol. The normalized spacial score (nSPS) is 22.9. The zero-order valence-electron chi connectivity index (χ0n) is 19.6. The molecule has 3 N–H and O–H groups in total. The molecule has 3 aromatic rings. The van der Waals surface area contributed by atoms with Crippen molar-refractivity contribution in [2.75, 3.05) is 5.32 Å². The molecule has 2 aliphatic rings. The SMILES string of the molecule is CC(=O)NNC(=O)C12CC(C)CC(C1)N2C(=O)Nc1cc(-c2ncc3cccn3n2)c(C)cc1F. The summed E-state index contributed by atoms with van der Waals surface area (Å²) in [6, 6.07) is 5.84. The van der Waals surface area contributed by atoms with Gasteiger partial charge in [-0.15, -0.1) is 5.10 Å². The lowest BCUT2D eigenvalue weighted by atomic mass is 9.64. The van der Waals surface area contributed by atoms with Gasteiger partial charge in [-0.25, -0.2) is 18.7 Å². The number of carbonyl (C=O) groups is 3. The standard InChI is InChI=1S/C24H26FN7O3/c1-13-7-17-11-24(10-13,22(34)29-28-15(3)33)32(17)23(35)27-20-9-18(14(2)8-19(20)25)21-26-12-16-5-4-6-31(16)30-21/h4-6,8-9,12-13,17H,7,10-11H2,1-3H3,(H,27,35)(H,28,33)(H,29,34). The number of likely N-dealkylation sites (tertiary alicyclic amines) is 1. The molecule has 1 aliphatic carbocycles. The van der Waals surface area contributed by atoms with Crippen molar-refractivity contribution in [1.82, 2.24) is 30.3 Å². The average molecular weight is 480 g/mol. The maximum absolute atomic E-state index is 14.9. The largest absolute Gasteiger partial charge is 0.323 e. The Balaban J connectivity index is 1.42. The second-order valence-corrected chi connectivity index (χ2v) is 9.48. The van der Waals surface area contributed by atoms with Crippen LogP contribution in [0.2, 0.25) is 0 Å². The minimum absolute atomic E-state index is 0.0257. The summed E-state index contributed by atoms with van der Waals surface area (Å²) < 4.78 is 16.6. The summed E-state index contributed by atoms with van der Waals surface area (Å²) >= 11 is 0. The molecule has 3 unspecified atom stereocenters. The second-order valence-electron chi connectivity index (χ2n) is 9.48. The molecule has 1 saturated carbocycles. The maximum Gasteiger partial charge on any atom is 0.323 e. The lowest BCUT2D eigenvalue weighted by molar-refractivity contribution is -0.157. The molecule has 0 spiro atoms. The van der Waals surface area contributed by atoms with Crippen molar-refractivity contribution >= 4 is 29.0 Å². The number of hydrogen-bond acceptors (Lipinski definition) is 5. The molecule has 10 nitrogen and oxygen atoms in total. The van der Waals surface area contributed by atoms with Gasteiger partial charge in [0.05, 0.1) is 17.4 Å². The molecule has 4 amide bonds. The van der Waals surface area contributed by atoms with Gasteiger partial charge in [0, 0.05) is 31.1 Å². The summed E-state index contributed by atoms with van der Waals surface area (Å²) in [7, 11) is 0. The van der Waals surface area contributed by atoms with Crippen LogP contribution in [0.1, 0.15) is 38.7 Å². The Labute approximate surface area is 200 Å².